The first-order valence-corrected chi connectivity index (χ1v) is 13.9. The highest BCUT2D eigenvalue weighted by Crippen LogP contribution is 2.38. The number of benzene rings is 1. The Kier molecular flexibility index (Phi) is 9.41. The maximum atomic E-state index is 13.1. The number of amides is 2. The van der Waals surface area contributed by atoms with Gasteiger partial charge in [0.25, 0.3) is 0 Å². The molecule has 0 bridgehead atoms. The molecule has 3 rings (SSSR count). The molecule has 2 amide bonds. The van der Waals surface area contributed by atoms with Gasteiger partial charge >= 0.3 is 5.97 Å². The Morgan fingerprint density at radius 3 is 2.49 bits per heavy atom. The van der Waals surface area contributed by atoms with Gasteiger partial charge in [-0.2, -0.15) is 0 Å². The lowest BCUT2D eigenvalue weighted by atomic mass is 9.92. The van der Waals surface area contributed by atoms with Crippen molar-refractivity contribution in [1.82, 2.24) is 0 Å². The van der Waals surface area contributed by atoms with E-state index in [0.29, 0.717) is 22.7 Å². The molecule has 0 aliphatic heterocycles. The zero-order valence-corrected chi connectivity index (χ0v) is 22.9. The van der Waals surface area contributed by atoms with E-state index in [1.165, 1.54) is 41.5 Å². The summed E-state index contributed by atoms with van der Waals surface area (Å²) in [6.07, 6.45) is 6.67. The van der Waals surface area contributed by atoms with Gasteiger partial charge in [0.05, 0.1) is 17.9 Å². The third-order valence-electron chi connectivity index (χ3n) is 5.79. The van der Waals surface area contributed by atoms with E-state index in [1.807, 2.05) is 52.0 Å². The molecule has 35 heavy (non-hydrogen) atoms. The van der Waals surface area contributed by atoms with Crippen molar-refractivity contribution in [2.75, 3.05) is 17.7 Å². The van der Waals surface area contributed by atoms with Crippen molar-refractivity contribution in [2.24, 2.45) is 5.41 Å². The molecule has 2 aromatic rings. The van der Waals surface area contributed by atoms with Crippen LogP contribution in [0.3, 0.4) is 0 Å². The molecule has 0 spiro atoms. The van der Waals surface area contributed by atoms with E-state index >= 15 is 0 Å². The van der Waals surface area contributed by atoms with Crippen molar-refractivity contribution in [1.29, 1.82) is 0 Å². The van der Waals surface area contributed by atoms with Gasteiger partial charge in [-0.15, -0.1) is 23.1 Å². The van der Waals surface area contributed by atoms with E-state index in [1.54, 1.807) is 0 Å². The molecule has 1 aromatic heterocycles. The van der Waals surface area contributed by atoms with Gasteiger partial charge in [0, 0.05) is 21.9 Å². The Balaban J connectivity index is 1.70. The molecule has 1 heterocycles. The first-order valence-electron chi connectivity index (χ1n) is 12.2. The summed E-state index contributed by atoms with van der Waals surface area (Å²) in [4.78, 5) is 40.1. The van der Waals surface area contributed by atoms with Crippen LogP contribution in [0.25, 0.3) is 0 Å². The second-order valence-electron chi connectivity index (χ2n) is 10.2. The van der Waals surface area contributed by atoms with Crippen LogP contribution in [0.5, 0.6) is 0 Å². The number of aryl methyl sites for hydroxylation is 1. The molecule has 0 saturated carbocycles. The minimum absolute atomic E-state index is 0.0333. The van der Waals surface area contributed by atoms with Crippen LogP contribution in [0.4, 0.5) is 10.7 Å². The molecule has 0 fully saturated rings. The zero-order valence-electron chi connectivity index (χ0n) is 21.3. The molecule has 8 heteroatoms. The van der Waals surface area contributed by atoms with Crippen LogP contribution in [-0.2, 0) is 27.2 Å². The smallest absolute Gasteiger partial charge is 0.341 e. The van der Waals surface area contributed by atoms with Crippen molar-refractivity contribution in [3.63, 3.8) is 0 Å². The summed E-state index contributed by atoms with van der Waals surface area (Å²) in [6, 6.07) is 7.52. The van der Waals surface area contributed by atoms with Crippen LogP contribution < -0.4 is 10.6 Å². The fourth-order valence-corrected chi connectivity index (χ4v) is 6.34. The summed E-state index contributed by atoms with van der Waals surface area (Å²) in [6.45, 7) is 7.92. The largest absolute Gasteiger partial charge is 0.465 e. The highest BCUT2D eigenvalue weighted by Gasteiger charge is 2.27. The maximum Gasteiger partial charge on any atom is 0.341 e. The number of thiophene rings is 1. The summed E-state index contributed by atoms with van der Waals surface area (Å²) in [5, 5.41) is 6.14. The fraction of sp³-hybridized carbons (Fsp3) is 0.519. The third-order valence-corrected chi connectivity index (χ3v) is 8.09. The van der Waals surface area contributed by atoms with Gasteiger partial charge in [0.15, 0.2) is 0 Å². The molecule has 1 unspecified atom stereocenters. The number of hydrogen-bond donors (Lipinski definition) is 2. The highest BCUT2D eigenvalue weighted by molar-refractivity contribution is 8.00. The Bertz CT molecular complexity index is 1070. The molecular formula is C27H36N2O4S2. The molecule has 1 aromatic carbocycles. The van der Waals surface area contributed by atoms with Crippen LogP contribution in [0.15, 0.2) is 29.2 Å². The number of fused-ring (bicyclic) bond motifs is 1. The van der Waals surface area contributed by atoms with Gasteiger partial charge < -0.3 is 15.4 Å². The summed E-state index contributed by atoms with van der Waals surface area (Å²) in [7, 11) is 1.38. The number of carbonyl (C=O) groups is 3. The lowest BCUT2D eigenvalue weighted by Crippen LogP contribution is -2.23. The van der Waals surface area contributed by atoms with Crippen LogP contribution in [-0.4, -0.2) is 30.1 Å². The number of thioether (sulfide) groups is 1. The van der Waals surface area contributed by atoms with Gasteiger partial charge in [-0.05, 0) is 61.8 Å². The van der Waals surface area contributed by atoms with Crippen molar-refractivity contribution >= 4 is 51.6 Å². The summed E-state index contributed by atoms with van der Waals surface area (Å²) in [5.41, 5.74) is 2.17. The minimum Gasteiger partial charge on any atom is -0.465 e. The standard InChI is InChI=1S/C27H36N2O4S2/c1-17(34-19-12-10-11-18(15-19)28-22(30)16-27(2,3)4)24(31)29-25-23(26(32)33-5)20-13-8-6-7-9-14-21(20)35-25/h10-12,15,17H,6-9,13-14,16H2,1-5H3,(H,28,30)(H,29,31). The minimum atomic E-state index is -0.397. The lowest BCUT2D eigenvalue weighted by Gasteiger charge is -2.17. The molecule has 2 N–H and O–H groups in total. The average Bonchev–Trinajstić information content (AvgIpc) is 3.07. The number of hydrogen-bond acceptors (Lipinski definition) is 6. The van der Waals surface area contributed by atoms with Crippen molar-refractivity contribution < 1.29 is 19.1 Å². The first kappa shape index (κ1) is 27.3. The average molecular weight is 517 g/mol. The molecule has 1 atom stereocenters. The second kappa shape index (κ2) is 12.1. The topological polar surface area (TPSA) is 84.5 Å². The van der Waals surface area contributed by atoms with E-state index in [-0.39, 0.29) is 17.2 Å². The van der Waals surface area contributed by atoms with Crippen molar-refractivity contribution in [3.8, 4) is 0 Å². The molecule has 0 saturated heterocycles. The van der Waals surface area contributed by atoms with Gasteiger partial charge in [-0.25, -0.2) is 4.79 Å². The normalized spacial score (nSPS) is 14.8. The Hall–Kier alpha value is -2.32. The number of rotatable bonds is 7. The summed E-state index contributed by atoms with van der Waals surface area (Å²) in [5.74, 6) is -0.594. The molecule has 0 radical (unpaired) electrons. The van der Waals surface area contributed by atoms with Crippen molar-refractivity contribution in [3.05, 3.63) is 40.3 Å². The maximum absolute atomic E-state index is 13.1. The molecule has 1 aliphatic carbocycles. The van der Waals surface area contributed by atoms with Gasteiger partial charge in [0.2, 0.25) is 11.8 Å². The SMILES string of the molecule is COC(=O)c1c(NC(=O)C(C)Sc2cccc(NC(=O)CC(C)(C)C)c2)sc2c1CCCCCC2. The predicted molar refractivity (Wildman–Crippen MR) is 145 cm³/mol. The molecule has 190 valence electrons. The van der Waals surface area contributed by atoms with E-state index in [9.17, 15) is 14.4 Å². The lowest BCUT2D eigenvalue weighted by molar-refractivity contribution is -0.118. The zero-order chi connectivity index (χ0) is 25.6. The number of nitrogens with one attached hydrogen (secondary N) is 2. The van der Waals surface area contributed by atoms with Gasteiger partial charge in [-0.3, -0.25) is 9.59 Å². The Morgan fingerprint density at radius 1 is 1.09 bits per heavy atom. The van der Waals surface area contributed by atoms with Crippen LogP contribution >= 0.6 is 23.1 Å². The van der Waals surface area contributed by atoms with Gasteiger partial charge in [0.1, 0.15) is 5.00 Å². The van der Waals surface area contributed by atoms with Crippen LogP contribution in [0.1, 0.15) is 80.6 Å². The number of carbonyl (C=O) groups excluding carboxylic acids is 3. The number of methoxy groups -OCH3 is 1. The highest BCUT2D eigenvalue weighted by atomic mass is 32.2. The monoisotopic (exact) mass is 516 g/mol. The number of anilines is 2. The second-order valence-corrected chi connectivity index (χ2v) is 12.7. The molecular weight excluding hydrogens is 480 g/mol. The van der Waals surface area contributed by atoms with Crippen LogP contribution in [0.2, 0.25) is 0 Å². The van der Waals surface area contributed by atoms with E-state index < -0.39 is 11.2 Å². The third kappa shape index (κ3) is 7.84. The van der Waals surface area contributed by atoms with Crippen LogP contribution in [0, 0.1) is 5.41 Å². The van der Waals surface area contributed by atoms with Gasteiger partial charge in [-0.1, -0.05) is 39.7 Å². The summed E-state index contributed by atoms with van der Waals surface area (Å²) < 4.78 is 5.06. The molecule has 1 aliphatic rings. The fourth-order valence-electron chi connectivity index (χ4n) is 4.13. The number of esters is 1. The summed E-state index contributed by atoms with van der Waals surface area (Å²) >= 11 is 2.92. The van der Waals surface area contributed by atoms with E-state index in [4.69, 9.17) is 4.74 Å². The predicted octanol–water partition coefficient (Wildman–Crippen LogP) is 6.69. The first-order chi connectivity index (χ1) is 16.6. The van der Waals surface area contributed by atoms with E-state index in [0.717, 1.165) is 42.6 Å². The molecule has 6 nitrogen and oxygen atoms in total. The quantitative estimate of drug-likeness (QED) is 0.316. The number of ether oxygens (including phenoxy) is 1. The van der Waals surface area contributed by atoms with E-state index in [2.05, 4.69) is 10.6 Å². The Morgan fingerprint density at radius 2 is 1.80 bits per heavy atom. The van der Waals surface area contributed by atoms with Crippen molar-refractivity contribution in [2.45, 2.75) is 82.8 Å². The Labute approximate surface area is 216 Å².